The SMILES string of the molecule is O=C1[NH2+][CH-]COC/C=C/C(=O)N2CCC[C@H]2COc2cc(F)cc(c2)-c2csc1c2.[Re]. The van der Waals surface area contributed by atoms with Gasteiger partial charge in [-0.3, -0.25) is 4.79 Å². The van der Waals surface area contributed by atoms with Crippen LogP contribution in [0.4, 0.5) is 4.39 Å². The number of ether oxygens (including phenoxy) is 2. The second-order valence-corrected chi connectivity index (χ2v) is 8.13. The summed E-state index contributed by atoms with van der Waals surface area (Å²) in [6, 6.07) is 6.23. The van der Waals surface area contributed by atoms with Crippen LogP contribution in [0.25, 0.3) is 11.1 Å². The molecule has 4 rings (SSSR count). The van der Waals surface area contributed by atoms with E-state index in [4.69, 9.17) is 9.47 Å². The van der Waals surface area contributed by atoms with Gasteiger partial charge in [-0.2, -0.15) is 0 Å². The topological polar surface area (TPSA) is 72.5 Å². The van der Waals surface area contributed by atoms with Crippen molar-refractivity contribution in [1.29, 1.82) is 0 Å². The number of benzene rings is 1. The fourth-order valence-corrected chi connectivity index (χ4v) is 4.44. The average Bonchev–Trinajstić information content (AvgIpc) is 3.40. The number of carbonyl (C=O) groups excluding carboxylic acids is 2. The van der Waals surface area contributed by atoms with Crippen LogP contribution in [0.15, 0.2) is 41.8 Å². The van der Waals surface area contributed by atoms with Gasteiger partial charge in [0.2, 0.25) is 5.91 Å². The third kappa shape index (κ3) is 6.09. The summed E-state index contributed by atoms with van der Waals surface area (Å²) in [6.45, 7) is 3.19. The number of quaternary nitrogens is 1. The van der Waals surface area contributed by atoms with Gasteiger partial charge in [-0.05, 0) is 54.2 Å². The molecule has 1 radical (unpaired) electrons. The molecule has 31 heavy (non-hydrogen) atoms. The zero-order valence-electron chi connectivity index (χ0n) is 16.8. The van der Waals surface area contributed by atoms with Crippen molar-refractivity contribution in [3.8, 4) is 16.9 Å². The van der Waals surface area contributed by atoms with E-state index in [0.29, 0.717) is 29.3 Å². The molecule has 2 aliphatic heterocycles. The quantitative estimate of drug-likeness (QED) is 0.462. The summed E-state index contributed by atoms with van der Waals surface area (Å²) in [5, 5.41) is 3.30. The van der Waals surface area contributed by atoms with E-state index in [-0.39, 0.29) is 51.5 Å². The standard InChI is InChI=1S/C22H23FN2O4S.Re/c23-17-9-15-10-19(12-17)29-13-18-3-1-6-25(18)21(26)4-2-7-28-8-5-24-22(27)20-11-16(15)14-30-20;/h2,4-5,9-12,14,18H,1,3,6-8,13,24H2;/b4-2+;/t18-;/m0./s1. The number of primary amides is 1. The normalized spacial score (nSPS) is 21.2. The Balaban J connectivity index is 0.00000272. The average molecular weight is 617 g/mol. The van der Waals surface area contributed by atoms with E-state index in [1.807, 2.05) is 5.38 Å². The predicted molar refractivity (Wildman–Crippen MR) is 110 cm³/mol. The molecule has 1 atom stereocenters. The smallest absolute Gasteiger partial charge is 0.327 e. The number of thiophene rings is 1. The van der Waals surface area contributed by atoms with Gasteiger partial charge in [0.15, 0.2) is 0 Å². The van der Waals surface area contributed by atoms with Crippen LogP contribution in [0, 0.1) is 12.4 Å². The predicted octanol–water partition coefficient (Wildman–Crippen LogP) is 2.37. The zero-order valence-corrected chi connectivity index (χ0v) is 20.3. The molecule has 6 nitrogen and oxygen atoms in total. The number of nitrogens with zero attached hydrogens (tertiary/aromatic N) is 1. The summed E-state index contributed by atoms with van der Waals surface area (Å²) in [4.78, 5) is 27.2. The van der Waals surface area contributed by atoms with Gasteiger partial charge >= 0.3 is 5.91 Å². The Morgan fingerprint density at radius 1 is 1.19 bits per heavy atom. The molecule has 0 saturated carbocycles. The third-order valence-electron chi connectivity index (χ3n) is 5.11. The zero-order chi connectivity index (χ0) is 20.9. The van der Waals surface area contributed by atoms with Gasteiger partial charge in [0.25, 0.3) is 0 Å². The monoisotopic (exact) mass is 617 g/mol. The summed E-state index contributed by atoms with van der Waals surface area (Å²) >= 11 is 1.32. The van der Waals surface area contributed by atoms with Crippen LogP contribution in [-0.2, 0) is 30.0 Å². The van der Waals surface area contributed by atoms with Gasteiger partial charge < -0.3 is 19.7 Å². The van der Waals surface area contributed by atoms with Crippen LogP contribution in [0.5, 0.6) is 5.75 Å². The summed E-state index contributed by atoms with van der Waals surface area (Å²) in [6.07, 6.45) is 4.94. The fraction of sp³-hybridized carbons (Fsp3) is 0.318. The molecule has 9 heteroatoms. The first-order chi connectivity index (χ1) is 14.6. The number of hydrogen-bond acceptors (Lipinski definition) is 5. The summed E-state index contributed by atoms with van der Waals surface area (Å²) < 4.78 is 25.5. The van der Waals surface area contributed by atoms with E-state index in [0.717, 1.165) is 18.4 Å². The van der Waals surface area contributed by atoms with Crippen LogP contribution in [0.2, 0.25) is 0 Å². The number of halogens is 1. The van der Waals surface area contributed by atoms with Gasteiger partial charge in [-0.25, -0.2) is 9.18 Å². The van der Waals surface area contributed by atoms with Crippen molar-refractivity contribution in [2.45, 2.75) is 18.9 Å². The second-order valence-electron chi connectivity index (χ2n) is 7.22. The van der Waals surface area contributed by atoms with Crippen LogP contribution >= 0.6 is 11.3 Å². The van der Waals surface area contributed by atoms with Crippen LogP contribution in [-0.4, -0.2) is 49.1 Å². The summed E-state index contributed by atoms with van der Waals surface area (Å²) in [5.41, 5.74) is 1.41. The maximum Gasteiger partial charge on any atom is 0.327 e. The van der Waals surface area contributed by atoms with E-state index in [2.05, 4.69) is 0 Å². The minimum atomic E-state index is -0.410. The molecule has 2 N–H and O–H groups in total. The Kier molecular flexibility index (Phi) is 8.52. The van der Waals surface area contributed by atoms with Crippen LogP contribution in [0.1, 0.15) is 22.5 Å². The van der Waals surface area contributed by atoms with Crippen molar-refractivity contribution in [2.75, 3.05) is 26.4 Å². The van der Waals surface area contributed by atoms with Gasteiger partial charge in [0.05, 0.1) is 12.6 Å². The van der Waals surface area contributed by atoms with E-state index in [1.165, 1.54) is 34.9 Å². The van der Waals surface area contributed by atoms with E-state index >= 15 is 0 Å². The Morgan fingerprint density at radius 2 is 2.06 bits per heavy atom. The minimum absolute atomic E-state index is 0. The van der Waals surface area contributed by atoms with Crippen molar-refractivity contribution >= 4 is 23.2 Å². The van der Waals surface area contributed by atoms with Crippen molar-refractivity contribution < 1.29 is 49.2 Å². The molecule has 2 aliphatic rings. The van der Waals surface area contributed by atoms with Gasteiger partial charge in [-0.15, -0.1) is 17.9 Å². The van der Waals surface area contributed by atoms with Crippen molar-refractivity contribution in [3.05, 3.63) is 59.0 Å². The number of rotatable bonds is 0. The van der Waals surface area contributed by atoms with Crippen LogP contribution in [0.3, 0.4) is 0 Å². The Bertz CT molecular complexity index is 965. The molecule has 165 valence electrons. The van der Waals surface area contributed by atoms with Crippen LogP contribution < -0.4 is 10.1 Å². The maximum absolute atomic E-state index is 14.2. The Labute approximate surface area is 198 Å². The maximum atomic E-state index is 14.2. The van der Waals surface area contributed by atoms with Gasteiger partial charge in [0.1, 0.15) is 23.1 Å². The van der Waals surface area contributed by atoms with E-state index in [9.17, 15) is 14.0 Å². The summed E-state index contributed by atoms with van der Waals surface area (Å²) in [7, 11) is 0. The van der Waals surface area contributed by atoms with E-state index < -0.39 is 5.82 Å². The van der Waals surface area contributed by atoms with E-state index in [1.54, 1.807) is 29.7 Å². The van der Waals surface area contributed by atoms with Crippen molar-refractivity contribution in [3.63, 3.8) is 0 Å². The van der Waals surface area contributed by atoms with Crippen molar-refractivity contribution in [2.24, 2.45) is 0 Å². The first-order valence-electron chi connectivity index (χ1n) is 9.88. The molecule has 0 aliphatic carbocycles. The molecule has 4 bridgehead atoms. The molecule has 3 heterocycles. The summed E-state index contributed by atoms with van der Waals surface area (Å²) in [5.74, 6) is -0.220. The molecule has 1 fully saturated rings. The molecule has 1 aromatic carbocycles. The molecule has 2 amide bonds. The fourth-order valence-electron chi connectivity index (χ4n) is 3.61. The minimum Gasteiger partial charge on any atom is -0.491 e. The number of carbonyl (C=O) groups is 2. The number of fused-ring (bicyclic) bond motifs is 6. The molecule has 2 aromatic rings. The molecule has 1 aromatic heterocycles. The molecule has 0 spiro atoms. The Hall–Kier alpha value is -1.89. The third-order valence-corrected chi connectivity index (χ3v) is 6.05. The first kappa shape index (κ1) is 23.8. The number of hydrogen-bond donors (Lipinski definition) is 1. The van der Waals surface area contributed by atoms with Gasteiger partial charge in [-0.1, -0.05) is 6.08 Å². The number of nitrogens with two attached hydrogens (primary N) is 1. The molecule has 1 saturated heterocycles. The first-order valence-corrected chi connectivity index (χ1v) is 10.8. The molecular weight excluding hydrogens is 594 g/mol. The number of amides is 2. The Morgan fingerprint density at radius 3 is 2.94 bits per heavy atom. The molecular formula is C22H23FN2O4ReS. The van der Waals surface area contributed by atoms with Crippen molar-refractivity contribution in [1.82, 2.24) is 4.90 Å². The van der Waals surface area contributed by atoms with Gasteiger partial charge in [0, 0.05) is 39.1 Å². The molecule has 0 unspecified atom stereocenters. The second kappa shape index (κ2) is 11.1. The largest absolute Gasteiger partial charge is 0.491 e.